The van der Waals surface area contributed by atoms with E-state index in [1.165, 1.54) is 7.11 Å². The number of hydrogen-bond acceptors (Lipinski definition) is 7. The molecule has 166 valence electrons. The summed E-state index contributed by atoms with van der Waals surface area (Å²) in [5, 5.41) is 0. The fourth-order valence-corrected chi connectivity index (χ4v) is 3.43. The number of ether oxygens (including phenoxy) is 4. The third kappa shape index (κ3) is 4.81. The van der Waals surface area contributed by atoms with E-state index >= 15 is 0 Å². The molecule has 0 radical (unpaired) electrons. The average molecular weight is 436 g/mol. The summed E-state index contributed by atoms with van der Waals surface area (Å²) in [5.74, 6) is 0.554. The zero-order valence-corrected chi connectivity index (χ0v) is 18.0. The molecule has 2 aromatic rings. The summed E-state index contributed by atoms with van der Waals surface area (Å²) in [6, 6.07) is 12.8. The summed E-state index contributed by atoms with van der Waals surface area (Å²) in [5.41, 5.74) is 2.63. The first-order valence-electron chi connectivity index (χ1n) is 10.3. The molecule has 0 aliphatic carbocycles. The van der Waals surface area contributed by atoms with Gasteiger partial charge in [-0.3, -0.25) is 4.79 Å². The lowest BCUT2D eigenvalue weighted by Crippen LogP contribution is -2.43. The molecule has 0 atom stereocenters. The summed E-state index contributed by atoms with van der Waals surface area (Å²) >= 11 is 0. The summed E-state index contributed by atoms with van der Waals surface area (Å²) < 4.78 is 21.7. The van der Waals surface area contributed by atoms with Crippen LogP contribution < -0.4 is 9.47 Å². The van der Waals surface area contributed by atoms with E-state index in [0.29, 0.717) is 43.4 Å². The van der Waals surface area contributed by atoms with Crippen molar-refractivity contribution in [1.82, 2.24) is 4.90 Å². The summed E-state index contributed by atoms with van der Waals surface area (Å²) in [7, 11) is 1.52. The van der Waals surface area contributed by atoms with E-state index in [1.54, 1.807) is 29.2 Å². The number of morpholine rings is 1. The van der Waals surface area contributed by atoms with Gasteiger partial charge in [-0.25, -0.2) is 9.79 Å². The van der Waals surface area contributed by atoms with Crippen molar-refractivity contribution in [3.63, 3.8) is 0 Å². The van der Waals surface area contributed by atoms with E-state index in [4.69, 9.17) is 18.9 Å². The van der Waals surface area contributed by atoms with Gasteiger partial charge in [-0.1, -0.05) is 24.3 Å². The Hall–Kier alpha value is -3.65. The maximum Gasteiger partial charge on any atom is 0.363 e. The van der Waals surface area contributed by atoms with Gasteiger partial charge in [0.1, 0.15) is 0 Å². The Morgan fingerprint density at radius 1 is 1.16 bits per heavy atom. The van der Waals surface area contributed by atoms with Gasteiger partial charge >= 0.3 is 5.97 Å². The van der Waals surface area contributed by atoms with Crippen molar-refractivity contribution in [2.45, 2.75) is 6.92 Å². The Kier molecular flexibility index (Phi) is 6.51. The van der Waals surface area contributed by atoms with Crippen LogP contribution in [0.4, 0.5) is 0 Å². The van der Waals surface area contributed by atoms with Gasteiger partial charge < -0.3 is 23.8 Å². The summed E-state index contributed by atoms with van der Waals surface area (Å²) in [4.78, 5) is 30.7. The molecule has 8 nitrogen and oxygen atoms in total. The van der Waals surface area contributed by atoms with Crippen molar-refractivity contribution in [1.29, 1.82) is 0 Å². The highest BCUT2D eigenvalue weighted by atomic mass is 16.6. The zero-order valence-electron chi connectivity index (χ0n) is 18.0. The number of rotatable bonds is 6. The number of hydrogen-bond donors (Lipinski definition) is 0. The lowest BCUT2D eigenvalue weighted by atomic mass is 10.1. The molecule has 1 fully saturated rings. The molecule has 2 heterocycles. The van der Waals surface area contributed by atoms with Crippen LogP contribution >= 0.6 is 0 Å². The maximum absolute atomic E-state index is 12.3. The summed E-state index contributed by atoms with van der Waals surface area (Å²) in [6.45, 7) is 4.04. The van der Waals surface area contributed by atoms with E-state index in [-0.39, 0.29) is 24.1 Å². The highest BCUT2D eigenvalue weighted by molar-refractivity contribution is 6.13. The molecule has 2 aromatic carbocycles. The van der Waals surface area contributed by atoms with Gasteiger partial charge in [-0.15, -0.1) is 0 Å². The Morgan fingerprint density at radius 2 is 1.94 bits per heavy atom. The molecule has 4 rings (SSSR count). The monoisotopic (exact) mass is 436 g/mol. The summed E-state index contributed by atoms with van der Waals surface area (Å²) in [6.07, 6.45) is 1.62. The molecule has 0 bridgehead atoms. The van der Waals surface area contributed by atoms with Gasteiger partial charge in [0.25, 0.3) is 5.91 Å². The van der Waals surface area contributed by atoms with Crippen molar-refractivity contribution in [3.05, 3.63) is 64.9 Å². The topological polar surface area (TPSA) is 86.7 Å². The highest BCUT2D eigenvalue weighted by Gasteiger charge is 2.25. The second-order valence-electron chi connectivity index (χ2n) is 7.34. The van der Waals surface area contributed by atoms with Crippen molar-refractivity contribution in [2.75, 3.05) is 40.0 Å². The molecule has 2 aliphatic heterocycles. The van der Waals surface area contributed by atoms with Crippen LogP contribution in [0.3, 0.4) is 0 Å². The number of methoxy groups -OCH3 is 1. The van der Waals surface area contributed by atoms with Crippen molar-refractivity contribution in [3.8, 4) is 11.5 Å². The third-order valence-corrected chi connectivity index (χ3v) is 5.20. The lowest BCUT2D eigenvalue weighted by Gasteiger charge is -2.26. The molecule has 0 unspecified atom stereocenters. The first-order chi connectivity index (χ1) is 15.5. The normalized spacial score (nSPS) is 17.2. The third-order valence-electron chi connectivity index (χ3n) is 5.20. The van der Waals surface area contributed by atoms with Crippen LogP contribution in [0.15, 0.2) is 53.2 Å². The van der Waals surface area contributed by atoms with Gasteiger partial charge in [-0.05, 0) is 42.3 Å². The van der Waals surface area contributed by atoms with E-state index in [0.717, 1.165) is 11.1 Å². The maximum atomic E-state index is 12.3. The number of carbonyl (C=O) groups is 2. The molecule has 0 saturated carbocycles. The van der Waals surface area contributed by atoms with Gasteiger partial charge in [0.2, 0.25) is 5.90 Å². The molecule has 0 N–H and O–H groups in total. The molecular formula is C24H24N2O6. The standard InChI is InChI=1S/C24H24N2O6/c1-16-5-3-4-6-18(16)23-25-19(24(28)32-23)13-17-7-8-20(21(14-17)29-2)31-15-22(27)26-9-11-30-12-10-26/h3-8,13-14H,9-12,15H2,1-2H3/b19-13-. The number of amides is 1. The minimum absolute atomic E-state index is 0.0901. The van der Waals surface area contributed by atoms with Crippen LogP contribution in [-0.4, -0.2) is 62.7 Å². The average Bonchev–Trinajstić information content (AvgIpc) is 3.18. The predicted molar refractivity (Wildman–Crippen MR) is 118 cm³/mol. The van der Waals surface area contributed by atoms with Crippen LogP contribution in [0.25, 0.3) is 6.08 Å². The number of cyclic esters (lactones) is 1. The van der Waals surface area contributed by atoms with Crippen LogP contribution in [0.5, 0.6) is 11.5 Å². The predicted octanol–water partition coefficient (Wildman–Crippen LogP) is 2.59. The second-order valence-corrected chi connectivity index (χ2v) is 7.34. The molecule has 2 aliphatic rings. The van der Waals surface area contributed by atoms with Gasteiger partial charge in [0.15, 0.2) is 23.8 Å². The van der Waals surface area contributed by atoms with Gasteiger partial charge in [0, 0.05) is 18.7 Å². The fraction of sp³-hybridized carbons (Fsp3) is 0.292. The van der Waals surface area contributed by atoms with Gasteiger partial charge in [-0.2, -0.15) is 0 Å². The smallest absolute Gasteiger partial charge is 0.363 e. The fourth-order valence-electron chi connectivity index (χ4n) is 3.43. The first kappa shape index (κ1) is 21.6. The van der Waals surface area contributed by atoms with E-state index in [9.17, 15) is 9.59 Å². The molecule has 0 spiro atoms. The number of carbonyl (C=O) groups excluding carboxylic acids is 2. The van der Waals surface area contributed by atoms with Crippen LogP contribution in [0.1, 0.15) is 16.7 Å². The second kappa shape index (κ2) is 9.65. The van der Waals surface area contributed by atoms with Crippen LogP contribution in [-0.2, 0) is 19.1 Å². The van der Waals surface area contributed by atoms with Crippen LogP contribution in [0, 0.1) is 6.92 Å². The van der Waals surface area contributed by atoms with E-state index in [2.05, 4.69) is 4.99 Å². The Bertz CT molecular complexity index is 1090. The van der Waals surface area contributed by atoms with E-state index < -0.39 is 5.97 Å². The molecule has 1 saturated heterocycles. The molecular weight excluding hydrogens is 412 g/mol. The van der Waals surface area contributed by atoms with Crippen molar-refractivity contribution < 1.29 is 28.5 Å². The van der Waals surface area contributed by atoms with Crippen LogP contribution in [0.2, 0.25) is 0 Å². The quantitative estimate of drug-likeness (QED) is 0.511. The number of aliphatic imine (C=N–C) groups is 1. The largest absolute Gasteiger partial charge is 0.493 e. The number of esters is 1. The van der Waals surface area contributed by atoms with E-state index in [1.807, 2.05) is 31.2 Å². The SMILES string of the molecule is COc1cc(/C=C2\N=C(c3ccccc3C)OC2=O)ccc1OCC(=O)N1CCOCC1. The van der Waals surface area contributed by atoms with Gasteiger partial charge in [0.05, 0.1) is 20.3 Å². The molecule has 0 aromatic heterocycles. The minimum Gasteiger partial charge on any atom is -0.493 e. The first-order valence-corrected chi connectivity index (χ1v) is 10.3. The molecule has 1 amide bonds. The Balaban J connectivity index is 1.48. The minimum atomic E-state index is -0.515. The molecule has 32 heavy (non-hydrogen) atoms. The Morgan fingerprint density at radius 3 is 2.69 bits per heavy atom. The van der Waals surface area contributed by atoms with Crippen molar-refractivity contribution in [2.24, 2.45) is 4.99 Å². The molecule has 8 heteroatoms. The zero-order chi connectivity index (χ0) is 22.5. The van der Waals surface area contributed by atoms with Crippen molar-refractivity contribution >= 4 is 23.9 Å². The Labute approximate surface area is 186 Å². The number of benzene rings is 2. The highest BCUT2D eigenvalue weighted by Crippen LogP contribution is 2.30. The number of nitrogens with zero attached hydrogens (tertiary/aromatic N) is 2. The lowest BCUT2D eigenvalue weighted by molar-refractivity contribution is -0.137. The number of aryl methyl sites for hydroxylation is 1.